The number of oxime groups is 1. The van der Waals surface area contributed by atoms with Crippen molar-refractivity contribution >= 4 is 33.4 Å². The van der Waals surface area contributed by atoms with Gasteiger partial charge in [-0.2, -0.15) is 0 Å². The highest BCUT2D eigenvalue weighted by atomic mass is 79.9. The van der Waals surface area contributed by atoms with Crippen molar-refractivity contribution in [2.45, 2.75) is 50.4 Å². The van der Waals surface area contributed by atoms with E-state index < -0.39 is 40.4 Å². The summed E-state index contributed by atoms with van der Waals surface area (Å²) in [7, 11) is 0. The molecule has 1 saturated carbocycles. The third-order valence-corrected chi connectivity index (χ3v) is 8.25. The lowest BCUT2D eigenvalue weighted by Gasteiger charge is -2.43. The van der Waals surface area contributed by atoms with Crippen LogP contribution in [0.4, 0.5) is 4.39 Å². The van der Waals surface area contributed by atoms with Gasteiger partial charge >= 0.3 is 5.97 Å². The van der Waals surface area contributed by atoms with Gasteiger partial charge in [-0.1, -0.05) is 28.0 Å². The van der Waals surface area contributed by atoms with Crippen LogP contribution < -0.4 is 0 Å². The first-order valence-electron chi connectivity index (χ1n) is 10.0. The van der Waals surface area contributed by atoms with Gasteiger partial charge in [-0.15, -0.1) is 0 Å². The molecule has 1 aromatic rings. The number of carbonyl (C=O) groups is 2. The number of esters is 1. The van der Waals surface area contributed by atoms with Gasteiger partial charge in [0.15, 0.2) is 5.78 Å². The van der Waals surface area contributed by atoms with Crippen LogP contribution in [0.25, 0.3) is 0 Å². The molecule has 0 bridgehead atoms. The molecule has 8 heteroatoms. The van der Waals surface area contributed by atoms with Gasteiger partial charge in [-0.3, -0.25) is 4.79 Å². The van der Waals surface area contributed by atoms with Crippen molar-refractivity contribution in [3.8, 4) is 0 Å². The maximum atomic E-state index is 13.5. The SMILES string of the molecule is C[C@H]1CCC2C(OC(=O)C23CC(c2ccc(F)cc2Br)=NO3)[C@]2(C)C(=O)C=C[C@@]12O. The van der Waals surface area contributed by atoms with Crippen molar-refractivity contribution in [3.63, 3.8) is 0 Å². The summed E-state index contributed by atoms with van der Waals surface area (Å²) in [5.41, 5.74) is -2.89. The largest absolute Gasteiger partial charge is 0.458 e. The van der Waals surface area contributed by atoms with Gasteiger partial charge in [0.2, 0.25) is 5.60 Å². The average molecular weight is 478 g/mol. The second kappa shape index (κ2) is 6.23. The predicted molar refractivity (Wildman–Crippen MR) is 108 cm³/mol. The lowest BCUT2D eigenvalue weighted by molar-refractivity contribution is -0.169. The molecule has 1 saturated heterocycles. The molecule has 2 heterocycles. The zero-order chi connectivity index (χ0) is 21.5. The Hall–Kier alpha value is -2.06. The van der Waals surface area contributed by atoms with E-state index in [1.165, 1.54) is 18.2 Å². The number of allylic oxidation sites excluding steroid dienone is 1. The van der Waals surface area contributed by atoms with Gasteiger partial charge < -0.3 is 14.7 Å². The molecule has 2 aliphatic carbocycles. The van der Waals surface area contributed by atoms with Crippen LogP contribution in [0.1, 0.15) is 38.7 Å². The molecule has 0 aromatic heterocycles. The molecule has 5 rings (SSSR count). The highest BCUT2D eigenvalue weighted by molar-refractivity contribution is 9.10. The highest BCUT2D eigenvalue weighted by Crippen LogP contribution is 2.59. The van der Waals surface area contributed by atoms with Crippen LogP contribution in [-0.4, -0.2) is 39.9 Å². The molecule has 1 N–H and O–H groups in total. The first-order chi connectivity index (χ1) is 14.1. The van der Waals surface area contributed by atoms with Gasteiger partial charge in [-0.25, -0.2) is 9.18 Å². The Kier molecular flexibility index (Phi) is 4.13. The van der Waals surface area contributed by atoms with E-state index in [1.54, 1.807) is 19.1 Å². The number of carbonyl (C=O) groups excluding carboxylic acids is 2. The van der Waals surface area contributed by atoms with Crippen LogP contribution in [0.3, 0.4) is 0 Å². The van der Waals surface area contributed by atoms with Crippen LogP contribution in [0, 0.1) is 23.1 Å². The van der Waals surface area contributed by atoms with Crippen LogP contribution >= 0.6 is 15.9 Å². The monoisotopic (exact) mass is 477 g/mol. The Morgan fingerprint density at radius 1 is 1.30 bits per heavy atom. The Morgan fingerprint density at radius 3 is 2.80 bits per heavy atom. The summed E-state index contributed by atoms with van der Waals surface area (Å²) in [5.74, 6) is -1.86. The number of halogens is 2. The fraction of sp³-hybridized carbons (Fsp3) is 0.500. The van der Waals surface area contributed by atoms with E-state index in [4.69, 9.17) is 9.57 Å². The molecule has 3 unspecified atom stereocenters. The van der Waals surface area contributed by atoms with Gasteiger partial charge in [0.1, 0.15) is 22.9 Å². The molecule has 6 atom stereocenters. The summed E-state index contributed by atoms with van der Waals surface area (Å²) in [6.45, 7) is 3.58. The molecule has 1 spiro atoms. The Bertz CT molecular complexity index is 1040. The minimum absolute atomic E-state index is 0.155. The Labute approximate surface area is 181 Å². The molecular formula is C22H21BrFNO5. The zero-order valence-electron chi connectivity index (χ0n) is 16.5. The average Bonchev–Trinajstić information content (AvgIpc) is 3.31. The van der Waals surface area contributed by atoms with Crippen LogP contribution in [0.15, 0.2) is 40.0 Å². The lowest BCUT2D eigenvalue weighted by atomic mass is 9.63. The molecule has 2 fully saturated rings. The highest BCUT2D eigenvalue weighted by Gasteiger charge is 2.73. The smallest absolute Gasteiger partial charge is 0.354 e. The van der Waals surface area contributed by atoms with E-state index in [0.717, 1.165) is 0 Å². The van der Waals surface area contributed by atoms with Crippen molar-refractivity contribution in [1.82, 2.24) is 0 Å². The summed E-state index contributed by atoms with van der Waals surface area (Å²) in [6, 6.07) is 4.23. The van der Waals surface area contributed by atoms with Crippen LogP contribution in [-0.2, 0) is 19.2 Å². The summed E-state index contributed by atoms with van der Waals surface area (Å²) in [4.78, 5) is 31.8. The maximum Gasteiger partial charge on any atom is 0.354 e. The number of benzene rings is 1. The van der Waals surface area contributed by atoms with Crippen molar-refractivity contribution in [2.75, 3.05) is 0 Å². The molecule has 0 amide bonds. The molecule has 4 aliphatic rings. The molecule has 0 radical (unpaired) electrons. The molecule has 1 aromatic carbocycles. The Morgan fingerprint density at radius 2 is 2.07 bits per heavy atom. The number of fused-ring (bicyclic) bond motifs is 4. The topological polar surface area (TPSA) is 85.2 Å². The molecule has 6 nitrogen and oxygen atoms in total. The second-order valence-corrected chi connectivity index (χ2v) is 9.81. The number of aliphatic hydroxyl groups is 1. The first kappa shape index (κ1) is 19.9. The van der Waals surface area contributed by atoms with E-state index in [-0.39, 0.29) is 18.1 Å². The summed E-state index contributed by atoms with van der Waals surface area (Å²) < 4.78 is 19.8. The minimum atomic E-state index is -1.39. The van der Waals surface area contributed by atoms with E-state index >= 15 is 0 Å². The molecule has 2 aliphatic heterocycles. The zero-order valence-corrected chi connectivity index (χ0v) is 18.1. The summed E-state index contributed by atoms with van der Waals surface area (Å²) in [6.07, 6.45) is 3.42. The van der Waals surface area contributed by atoms with Gasteiger partial charge in [-0.05, 0) is 56.0 Å². The fourth-order valence-corrected chi connectivity index (χ4v) is 6.24. The van der Waals surface area contributed by atoms with E-state index in [1.807, 2.05) is 6.92 Å². The normalized spacial score (nSPS) is 41.9. The number of ketones is 1. The fourth-order valence-electron chi connectivity index (χ4n) is 5.66. The van der Waals surface area contributed by atoms with Gasteiger partial charge in [0.05, 0.1) is 11.6 Å². The van der Waals surface area contributed by atoms with Gasteiger partial charge in [0.25, 0.3) is 0 Å². The minimum Gasteiger partial charge on any atom is -0.458 e. The van der Waals surface area contributed by atoms with Crippen molar-refractivity contribution < 1.29 is 28.7 Å². The first-order valence-corrected chi connectivity index (χ1v) is 10.8. The van der Waals surface area contributed by atoms with Crippen molar-refractivity contribution in [3.05, 3.63) is 46.2 Å². The third-order valence-electron chi connectivity index (χ3n) is 7.60. The molecular weight excluding hydrogens is 457 g/mol. The second-order valence-electron chi connectivity index (χ2n) is 8.96. The van der Waals surface area contributed by atoms with Crippen LogP contribution in [0.5, 0.6) is 0 Å². The standard InChI is InChI=1S/C22H21BrFNO5/c1-11-3-6-14-18(20(2)17(26)7-8-22(11,20)28)29-19(27)21(14)10-16(25-30-21)13-5-4-12(24)9-15(13)23/h4-5,7-9,11,14,18,28H,3,6,10H2,1-2H3/t11-,14?,18?,20-,21?,22+/m0/s1. The maximum absolute atomic E-state index is 13.5. The van der Waals surface area contributed by atoms with Gasteiger partial charge in [0, 0.05) is 16.5 Å². The number of ether oxygens (including phenoxy) is 1. The summed E-state index contributed by atoms with van der Waals surface area (Å²) >= 11 is 3.34. The van der Waals surface area contributed by atoms with E-state index in [0.29, 0.717) is 28.6 Å². The summed E-state index contributed by atoms with van der Waals surface area (Å²) in [5, 5.41) is 15.6. The third kappa shape index (κ3) is 2.29. The predicted octanol–water partition coefficient (Wildman–Crippen LogP) is 3.30. The molecule has 30 heavy (non-hydrogen) atoms. The Balaban J connectivity index is 1.54. The number of hydrogen-bond acceptors (Lipinski definition) is 6. The quantitative estimate of drug-likeness (QED) is 0.627. The number of nitrogens with zero attached hydrogens (tertiary/aromatic N) is 1. The van der Waals surface area contributed by atoms with Crippen molar-refractivity contribution in [1.29, 1.82) is 0 Å². The van der Waals surface area contributed by atoms with E-state index in [2.05, 4.69) is 21.1 Å². The molecule has 158 valence electrons. The number of rotatable bonds is 1. The number of hydrogen-bond donors (Lipinski definition) is 1. The lowest BCUT2D eigenvalue weighted by Crippen LogP contribution is -2.57. The van der Waals surface area contributed by atoms with Crippen LogP contribution in [0.2, 0.25) is 0 Å². The van der Waals surface area contributed by atoms with Crippen molar-refractivity contribution in [2.24, 2.45) is 22.4 Å². The van der Waals surface area contributed by atoms with E-state index in [9.17, 15) is 19.1 Å².